The molecule has 0 aromatic heterocycles. The van der Waals surface area contributed by atoms with Gasteiger partial charge in [0.1, 0.15) is 0 Å². The van der Waals surface area contributed by atoms with Crippen LogP contribution in [0.4, 0.5) is 4.79 Å². The highest BCUT2D eigenvalue weighted by Crippen LogP contribution is 2.19. The molecule has 0 heterocycles. The maximum atomic E-state index is 11.7. The smallest absolute Gasteiger partial charge is 0.407 e. The van der Waals surface area contributed by atoms with Crippen LogP contribution in [0.15, 0.2) is 35.2 Å². The molecule has 0 saturated heterocycles. The van der Waals surface area contributed by atoms with Crippen molar-refractivity contribution in [2.75, 3.05) is 13.2 Å². The lowest BCUT2D eigenvalue weighted by Crippen LogP contribution is -2.26. The SMILES string of the molecule is CC(C)COC(=O)NCCCC(=O)Sc1ccccc1. The van der Waals surface area contributed by atoms with Gasteiger partial charge in [0.15, 0.2) is 5.12 Å². The molecule has 4 nitrogen and oxygen atoms in total. The number of carbonyl (C=O) groups is 2. The van der Waals surface area contributed by atoms with Gasteiger partial charge in [-0.05, 0) is 24.5 Å². The summed E-state index contributed by atoms with van der Waals surface area (Å²) in [7, 11) is 0. The Morgan fingerprint density at radius 3 is 2.60 bits per heavy atom. The lowest BCUT2D eigenvalue weighted by Gasteiger charge is -2.08. The lowest BCUT2D eigenvalue weighted by atomic mass is 10.2. The molecule has 1 rings (SSSR count). The predicted octanol–water partition coefficient (Wildman–Crippen LogP) is 3.47. The molecular formula is C15H21NO3S. The Morgan fingerprint density at radius 1 is 1.25 bits per heavy atom. The number of amides is 1. The van der Waals surface area contributed by atoms with E-state index in [9.17, 15) is 9.59 Å². The van der Waals surface area contributed by atoms with Crippen LogP contribution in [-0.2, 0) is 9.53 Å². The third-order valence-corrected chi connectivity index (χ3v) is 3.29. The number of carbonyl (C=O) groups excluding carboxylic acids is 2. The molecule has 0 radical (unpaired) electrons. The fourth-order valence-corrected chi connectivity index (χ4v) is 2.19. The first kappa shape index (κ1) is 16.6. The molecule has 0 fully saturated rings. The van der Waals surface area contributed by atoms with E-state index in [1.807, 2.05) is 44.2 Å². The van der Waals surface area contributed by atoms with Crippen LogP contribution in [0.1, 0.15) is 26.7 Å². The highest BCUT2D eigenvalue weighted by Gasteiger charge is 2.06. The Labute approximate surface area is 124 Å². The molecule has 110 valence electrons. The van der Waals surface area contributed by atoms with Gasteiger partial charge in [0.05, 0.1) is 6.61 Å². The molecule has 1 aromatic carbocycles. The molecule has 0 aliphatic rings. The Hall–Kier alpha value is -1.49. The van der Waals surface area contributed by atoms with Crippen molar-refractivity contribution in [3.63, 3.8) is 0 Å². The summed E-state index contributed by atoms with van der Waals surface area (Å²) >= 11 is 1.23. The van der Waals surface area contributed by atoms with E-state index in [0.29, 0.717) is 31.9 Å². The molecule has 5 heteroatoms. The summed E-state index contributed by atoms with van der Waals surface area (Å²) in [6, 6.07) is 9.54. The number of benzene rings is 1. The Balaban J connectivity index is 2.09. The minimum absolute atomic E-state index is 0.105. The second kappa shape index (κ2) is 9.42. The lowest BCUT2D eigenvalue weighted by molar-refractivity contribution is -0.111. The summed E-state index contributed by atoms with van der Waals surface area (Å²) in [5, 5.41) is 2.74. The van der Waals surface area contributed by atoms with Gasteiger partial charge in [-0.15, -0.1) is 0 Å². The van der Waals surface area contributed by atoms with E-state index in [1.54, 1.807) is 0 Å². The van der Waals surface area contributed by atoms with Gasteiger partial charge >= 0.3 is 6.09 Å². The van der Waals surface area contributed by atoms with Gasteiger partial charge in [-0.25, -0.2) is 4.79 Å². The molecule has 20 heavy (non-hydrogen) atoms. The number of nitrogens with one attached hydrogen (secondary N) is 1. The van der Waals surface area contributed by atoms with Crippen molar-refractivity contribution in [1.82, 2.24) is 5.32 Å². The molecule has 0 spiro atoms. The first-order valence-electron chi connectivity index (χ1n) is 6.74. The minimum atomic E-state index is -0.415. The third-order valence-electron chi connectivity index (χ3n) is 2.35. The largest absolute Gasteiger partial charge is 0.449 e. The van der Waals surface area contributed by atoms with Crippen molar-refractivity contribution >= 4 is 23.0 Å². The topological polar surface area (TPSA) is 55.4 Å². The van der Waals surface area contributed by atoms with Crippen molar-refractivity contribution < 1.29 is 14.3 Å². The van der Waals surface area contributed by atoms with Crippen molar-refractivity contribution in [3.8, 4) is 0 Å². The fourth-order valence-electron chi connectivity index (χ4n) is 1.39. The van der Waals surface area contributed by atoms with Gasteiger partial charge in [0.2, 0.25) is 0 Å². The first-order chi connectivity index (χ1) is 9.58. The predicted molar refractivity (Wildman–Crippen MR) is 80.7 cm³/mol. The summed E-state index contributed by atoms with van der Waals surface area (Å²) in [6.07, 6.45) is 0.640. The van der Waals surface area contributed by atoms with E-state index in [1.165, 1.54) is 11.8 Å². The van der Waals surface area contributed by atoms with Crippen molar-refractivity contribution in [3.05, 3.63) is 30.3 Å². The van der Waals surface area contributed by atoms with E-state index in [0.717, 1.165) is 4.90 Å². The van der Waals surface area contributed by atoms with Crippen LogP contribution >= 0.6 is 11.8 Å². The van der Waals surface area contributed by atoms with Crippen molar-refractivity contribution in [1.29, 1.82) is 0 Å². The van der Waals surface area contributed by atoms with Gasteiger partial charge in [0, 0.05) is 17.9 Å². The minimum Gasteiger partial charge on any atom is -0.449 e. The van der Waals surface area contributed by atoms with Crippen LogP contribution in [0.5, 0.6) is 0 Å². The van der Waals surface area contributed by atoms with Crippen molar-refractivity contribution in [2.24, 2.45) is 5.92 Å². The van der Waals surface area contributed by atoms with Crippen LogP contribution in [-0.4, -0.2) is 24.4 Å². The number of ether oxygens (including phenoxy) is 1. The normalized spacial score (nSPS) is 10.3. The zero-order valence-corrected chi connectivity index (χ0v) is 12.7. The molecule has 1 amide bonds. The summed E-state index contributed by atoms with van der Waals surface area (Å²) in [4.78, 5) is 23.9. The Kier molecular flexibility index (Phi) is 7.80. The quantitative estimate of drug-likeness (QED) is 0.618. The summed E-state index contributed by atoms with van der Waals surface area (Å²) in [5.74, 6) is 0.324. The second-order valence-electron chi connectivity index (χ2n) is 4.81. The maximum absolute atomic E-state index is 11.7. The van der Waals surface area contributed by atoms with E-state index < -0.39 is 6.09 Å². The van der Waals surface area contributed by atoms with Gasteiger partial charge in [-0.1, -0.05) is 43.8 Å². The average molecular weight is 295 g/mol. The van der Waals surface area contributed by atoms with Crippen LogP contribution in [0, 0.1) is 5.92 Å². The van der Waals surface area contributed by atoms with E-state index in [2.05, 4.69) is 5.32 Å². The molecule has 1 N–H and O–H groups in total. The molecule has 0 atom stereocenters. The molecule has 0 saturated carbocycles. The van der Waals surface area contributed by atoms with Gasteiger partial charge in [-0.2, -0.15) is 0 Å². The molecule has 1 aromatic rings. The standard InChI is InChI=1S/C15H21NO3S/c1-12(2)11-19-15(18)16-10-6-9-14(17)20-13-7-4-3-5-8-13/h3-5,7-8,12H,6,9-11H2,1-2H3,(H,16,18). The fraction of sp³-hybridized carbons (Fsp3) is 0.467. The molecular weight excluding hydrogens is 274 g/mol. The average Bonchev–Trinajstić information content (AvgIpc) is 2.42. The maximum Gasteiger partial charge on any atom is 0.407 e. The van der Waals surface area contributed by atoms with Gasteiger partial charge in [-0.3, -0.25) is 4.79 Å². The highest BCUT2D eigenvalue weighted by atomic mass is 32.2. The number of hydrogen-bond donors (Lipinski definition) is 1. The van der Waals surface area contributed by atoms with Crippen LogP contribution < -0.4 is 5.32 Å². The zero-order valence-electron chi connectivity index (χ0n) is 11.9. The van der Waals surface area contributed by atoms with E-state index in [-0.39, 0.29) is 5.12 Å². The number of rotatable bonds is 7. The van der Waals surface area contributed by atoms with Gasteiger partial charge in [0.25, 0.3) is 0 Å². The monoisotopic (exact) mass is 295 g/mol. The van der Waals surface area contributed by atoms with Crippen LogP contribution in [0.2, 0.25) is 0 Å². The van der Waals surface area contributed by atoms with Crippen LogP contribution in [0.25, 0.3) is 0 Å². The second-order valence-corrected chi connectivity index (χ2v) is 5.94. The van der Waals surface area contributed by atoms with Gasteiger partial charge < -0.3 is 10.1 Å². The Bertz CT molecular complexity index is 420. The third kappa shape index (κ3) is 7.84. The van der Waals surface area contributed by atoms with E-state index in [4.69, 9.17) is 4.74 Å². The Morgan fingerprint density at radius 2 is 1.95 bits per heavy atom. The number of hydrogen-bond acceptors (Lipinski definition) is 4. The van der Waals surface area contributed by atoms with E-state index >= 15 is 0 Å². The molecule has 0 bridgehead atoms. The molecule has 0 aliphatic carbocycles. The molecule has 0 unspecified atom stereocenters. The summed E-state index contributed by atoms with van der Waals surface area (Å²) in [6.45, 7) is 4.83. The van der Waals surface area contributed by atoms with Crippen LogP contribution in [0.3, 0.4) is 0 Å². The highest BCUT2D eigenvalue weighted by molar-refractivity contribution is 8.13. The van der Waals surface area contributed by atoms with Crippen molar-refractivity contribution in [2.45, 2.75) is 31.6 Å². The summed E-state index contributed by atoms with van der Waals surface area (Å²) < 4.78 is 4.97. The number of thioether (sulfide) groups is 1. The zero-order chi connectivity index (χ0) is 14.8. The summed E-state index contributed by atoms with van der Waals surface area (Å²) in [5.41, 5.74) is 0. The first-order valence-corrected chi connectivity index (χ1v) is 7.56. The number of alkyl carbamates (subject to hydrolysis) is 1. The molecule has 0 aliphatic heterocycles.